The average molecular weight is 483 g/mol. The summed E-state index contributed by atoms with van der Waals surface area (Å²) in [5, 5.41) is 0.622. The number of allylic oxidation sites excluding steroid dienone is 1. The van der Waals surface area contributed by atoms with Crippen LogP contribution in [0.3, 0.4) is 0 Å². The molecule has 0 bridgehead atoms. The van der Waals surface area contributed by atoms with Crippen molar-refractivity contribution in [3.63, 3.8) is 0 Å². The number of halogens is 1. The Kier molecular flexibility index (Phi) is 6.54. The number of methoxy groups -OCH3 is 1. The van der Waals surface area contributed by atoms with Gasteiger partial charge in [-0.1, -0.05) is 47.2 Å². The van der Waals surface area contributed by atoms with E-state index in [1.54, 1.807) is 62.8 Å². The van der Waals surface area contributed by atoms with Crippen LogP contribution in [0.4, 0.5) is 0 Å². The summed E-state index contributed by atoms with van der Waals surface area (Å²) in [5.74, 6) is 0.194. The number of hydrogen-bond acceptors (Lipinski definition) is 6. The van der Waals surface area contributed by atoms with Gasteiger partial charge in [-0.15, -0.1) is 0 Å². The summed E-state index contributed by atoms with van der Waals surface area (Å²) in [6, 6.07) is 13.9. The molecule has 3 aromatic rings. The Balaban J connectivity index is 1.92. The number of thiazole rings is 1. The van der Waals surface area contributed by atoms with Crippen LogP contribution in [0.15, 0.2) is 69.6 Å². The lowest BCUT2D eigenvalue weighted by molar-refractivity contribution is -0.143. The van der Waals surface area contributed by atoms with Crippen LogP contribution in [0, 0.1) is 0 Å². The molecule has 0 N–H and O–H groups in total. The van der Waals surface area contributed by atoms with Crippen LogP contribution in [0.5, 0.6) is 5.75 Å². The number of esters is 1. The first kappa shape index (κ1) is 23.0. The van der Waals surface area contributed by atoms with Gasteiger partial charge in [0, 0.05) is 5.02 Å². The summed E-state index contributed by atoms with van der Waals surface area (Å²) in [6.07, 6.45) is 1.50. The molecule has 33 heavy (non-hydrogen) atoms. The first-order valence-corrected chi connectivity index (χ1v) is 11.6. The van der Waals surface area contributed by atoms with Gasteiger partial charge in [0.05, 0.1) is 35.1 Å². The third-order valence-electron chi connectivity index (χ3n) is 5.18. The van der Waals surface area contributed by atoms with E-state index in [0.29, 0.717) is 31.4 Å². The minimum absolute atomic E-state index is 0.225. The quantitative estimate of drug-likeness (QED) is 0.518. The summed E-state index contributed by atoms with van der Waals surface area (Å²) < 4.78 is 12.9. The lowest BCUT2D eigenvalue weighted by atomic mass is 9.96. The second-order valence-electron chi connectivity index (χ2n) is 7.86. The number of benzene rings is 2. The Bertz CT molecular complexity index is 1400. The number of aromatic nitrogens is 1. The molecule has 1 aliphatic rings. The number of hydrogen-bond donors (Lipinski definition) is 0. The van der Waals surface area contributed by atoms with E-state index in [1.165, 1.54) is 11.3 Å². The van der Waals surface area contributed by atoms with Crippen molar-refractivity contribution in [1.82, 2.24) is 4.57 Å². The van der Waals surface area contributed by atoms with E-state index in [2.05, 4.69) is 4.99 Å². The molecule has 0 saturated carbocycles. The average Bonchev–Trinajstić information content (AvgIpc) is 3.08. The first-order chi connectivity index (χ1) is 15.8. The summed E-state index contributed by atoms with van der Waals surface area (Å²) in [5.41, 5.74) is 2.26. The van der Waals surface area contributed by atoms with Crippen LogP contribution in [0.2, 0.25) is 5.02 Å². The summed E-state index contributed by atoms with van der Waals surface area (Å²) in [4.78, 5) is 31.7. The number of nitrogens with zero attached hydrogens (tertiary/aromatic N) is 2. The van der Waals surface area contributed by atoms with Gasteiger partial charge in [0.25, 0.3) is 5.56 Å². The van der Waals surface area contributed by atoms with E-state index in [-0.39, 0.29) is 11.7 Å². The maximum atomic E-state index is 13.5. The number of fused-ring (bicyclic) bond motifs is 1. The molecule has 1 aliphatic heterocycles. The molecule has 6 nitrogen and oxygen atoms in total. The zero-order chi connectivity index (χ0) is 23.7. The maximum absolute atomic E-state index is 13.5. The smallest absolute Gasteiger partial charge is 0.338 e. The monoisotopic (exact) mass is 482 g/mol. The van der Waals surface area contributed by atoms with Gasteiger partial charge in [-0.05, 0) is 62.2 Å². The number of carbonyl (C=O) groups is 1. The fraction of sp³-hybridized carbons (Fsp3) is 0.240. The molecule has 8 heteroatoms. The second-order valence-corrected chi connectivity index (χ2v) is 9.31. The number of carbonyl (C=O) groups excluding carboxylic acids is 1. The molecule has 0 radical (unpaired) electrons. The van der Waals surface area contributed by atoms with E-state index < -0.39 is 12.0 Å². The lowest BCUT2D eigenvalue weighted by Gasteiger charge is -2.25. The van der Waals surface area contributed by atoms with Gasteiger partial charge in [0.2, 0.25) is 0 Å². The van der Waals surface area contributed by atoms with Gasteiger partial charge in [0.1, 0.15) is 5.75 Å². The standard InChI is InChI=1S/C25H23ClN2O4S/c1-14(2)32-24(30)21-15(3)27-25-28(22(21)17-7-11-19(31-4)12-8-17)23(29)20(33-25)13-16-5-9-18(26)10-6-16/h5-14,22H,1-4H3/b20-13+/t22-/m0/s1. The molecular formula is C25H23ClN2O4S. The molecule has 1 aromatic heterocycles. The third-order valence-corrected chi connectivity index (χ3v) is 6.42. The van der Waals surface area contributed by atoms with Crippen LogP contribution in [-0.2, 0) is 9.53 Å². The molecule has 2 heterocycles. The zero-order valence-corrected chi connectivity index (χ0v) is 20.2. The third kappa shape index (κ3) is 4.65. The van der Waals surface area contributed by atoms with Gasteiger partial charge in [0.15, 0.2) is 4.80 Å². The number of rotatable bonds is 5. The van der Waals surface area contributed by atoms with Crippen molar-refractivity contribution in [2.24, 2.45) is 4.99 Å². The van der Waals surface area contributed by atoms with Crippen molar-refractivity contribution in [3.05, 3.63) is 95.6 Å². The molecule has 0 saturated heterocycles. The topological polar surface area (TPSA) is 69.9 Å². The molecule has 1 atom stereocenters. The lowest BCUT2D eigenvalue weighted by Crippen LogP contribution is -2.40. The van der Waals surface area contributed by atoms with Gasteiger partial charge in [-0.2, -0.15) is 0 Å². The van der Waals surface area contributed by atoms with Crippen LogP contribution in [-0.4, -0.2) is 23.8 Å². The van der Waals surface area contributed by atoms with Gasteiger partial charge >= 0.3 is 5.97 Å². The minimum atomic E-state index is -0.661. The largest absolute Gasteiger partial charge is 0.497 e. The molecule has 170 valence electrons. The Labute approximate surface area is 200 Å². The fourth-order valence-electron chi connectivity index (χ4n) is 3.67. The highest BCUT2D eigenvalue weighted by atomic mass is 35.5. The van der Waals surface area contributed by atoms with Crippen molar-refractivity contribution in [2.45, 2.75) is 32.9 Å². The molecule has 0 unspecified atom stereocenters. The Morgan fingerprint density at radius 1 is 1.15 bits per heavy atom. The van der Waals surface area contributed by atoms with Gasteiger partial charge in [-0.3, -0.25) is 9.36 Å². The van der Waals surface area contributed by atoms with E-state index in [4.69, 9.17) is 21.1 Å². The maximum Gasteiger partial charge on any atom is 0.338 e. The van der Waals surface area contributed by atoms with Crippen molar-refractivity contribution in [2.75, 3.05) is 7.11 Å². The van der Waals surface area contributed by atoms with E-state index >= 15 is 0 Å². The van der Waals surface area contributed by atoms with Crippen molar-refractivity contribution in [1.29, 1.82) is 0 Å². The second kappa shape index (κ2) is 9.37. The van der Waals surface area contributed by atoms with E-state index in [0.717, 1.165) is 11.1 Å². The Morgan fingerprint density at radius 2 is 1.82 bits per heavy atom. The molecule has 0 aliphatic carbocycles. The molecular weight excluding hydrogens is 460 g/mol. The van der Waals surface area contributed by atoms with Crippen LogP contribution < -0.4 is 19.6 Å². The molecule has 0 spiro atoms. The van der Waals surface area contributed by atoms with Crippen LogP contribution in [0.1, 0.15) is 37.9 Å². The Hall–Kier alpha value is -3.16. The molecule has 2 aromatic carbocycles. The highest BCUT2D eigenvalue weighted by molar-refractivity contribution is 7.07. The molecule has 4 rings (SSSR count). The minimum Gasteiger partial charge on any atom is -0.497 e. The van der Waals surface area contributed by atoms with Crippen molar-refractivity contribution in [3.8, 4) is 5.75 Å². The summed E-state index contributed by atoms with van der Waals surface area (Å²) in [7, 11) is 1.59. The van der Waals surface area contributed by atoms with Gasteiger partial charge in [-0.25, -0.2) is 9.79 Å². The Morgan fingerprint density at radius 3 is 2.42 bits per heavy atom. The van der Waals surface area contributed by atoms with Crippen molar-refractivity contribution >= 4 is 35.0 Å². The van der Waals surface area contributed by atoms with Crippen molar-refractivity contribution < 1.29 is 14.3 Å². The van der Waals surface area contributed by atoms with Crippen LogP contribution >= 0.6 is 22.9 Å². The normalized spacial score (nSPS) is 15.9. The summed E-state index contributed by atoms with van der Waals surface area (Å²) in [6.45, 7) is 5.35. The summed E-state index contributed by atoms with van der Waals surface area (Å²) >= 11 is 7.27. The SMILES string of the molecule is COc1ccc([C@H]2C(C(=O)OC(C)C)=C(C)N=c3s/c(=C/c4ccc(Cl)cc4)c(=O)n32)cc1. The highest BCUT2D eigenvalue weighted by Crippen LogP contribution is 2.31. The van der Waals surface area contributed by atoms with E-state index in [9.17, 15) is 9.59 Å². The fourth-order valence-corrected chi connectivity index (χ4v) is 4.84. The predicted octanol–water partition coefficient (Wildman–Crippen LogP) is 3.85. The van der Waals surface area contributed by atoms with Crippen LogP contribution in [0.25, 0.3) is 6.08 Å². The van der Waals surface area contributed by atoms with Gasteiger partial charge < -0.3 is 9.47 Å². The first-order valence-electron chi connectivity index (χ1n) is 10.4. The molecule has 0 fully saturated rings. The zero-order valence-electron chi connectivity index (χ0n) is 18.7. The molecule has 0 amide bonds. The highest BCUT2D eigenvalue weighted by Gasteiger charge is 2.33. The number of ether oxygens (including phenoxy) is 2. The predicted molar refractivity (Wildman–Crippen MR) is 129 cm³/mol. The van der Waals surface area contributed by atoms with E-state index in [1.807, 2.05) is 24.3 Å².